The molecule has 0 aromatic heterocycles. The topological polar surface area (TPSA) is 3.24 Å². The highest BCUT2D eigenvalue weighted by atomic mass is 28.2. The van der Waals surface area contributed by atoms with Crippen molar-refractivity contribution in [1.82, 2.24) is 4.57 Å². The summed E-state index contributed by atoms with van der Waals surface area (Å²) < 4.78 is 2.43. The molecular formula is C5H15NSi. The zero-order valence-electron chi connectivity index (χ0n) is 5.73. The minimum atomic E-state index is 0.761. The molecule has 0 unspecified atom stereocenters. The fourth-order valence-electron chi connectivity index (χ4n) is 0.365. The Hall–Kier alpha value is 0.177. The van der Waals surface area contributed by atoms with Gasteiger partial charge < -0.3 is 4.57 Å². The second-order valence-electron chi connectivity index (χ2n) is 2.17. The van der Waals surface area contributed by atoms with E-state index in [1.807, 2.05) is 0 Å². The van der Waals surface area contributed by atoms with Crippen molar-refractivity contribution in [3.8, 4) is 0 Å². The zero-order chi connectivity index (χ0) is 5.86. The van der Waals surface area contributed by atoms with Crippen LogP contribution in [0.3, 0.4) is 0 Å². The van der Waals surface area contributed by atoms with Gasteiger partial charge >= 0.3 is 0 Å². The first kappa shape index (κ1) is 7.18. The van der Waals surface area contributed by atoms with E-state index in [1.165, 1.54) is 16.9 Å². The van der Waals surface area contributed by atoms with Gasteiger partial charge in [-0.3, -0.25) is 0 Å². The van der Waals surface area contributed by atoms with E-state index in [-0.39, 0.29) is 0 Å². The molecule has 0 heterocycles. The maximum atomic E-state index is 2.43. The van der Waals surface area contributed by atoms with E-state index in [0.29, 0.717) is 0 Å². The van der Waals surface area contributed by atoms with Crippen LogP contribution in [0.15, 0.2) is 0 Å². The minimum Gasteiger partial charge on any atom is -0.330 e. The zero-order valence-corrected chi connectivity index (χ0v) is 7.73. The van der Waals surface area contributed by atoms with Gasteiger partial charge in [0.2, 0.25) is 0 Å². The lowest BCUT2D eigenvalue weighted by Gasteiger charge is -2.18. The van der Waals surface area contributed by atoms with Gasteiger partial charge in [0.05, 0.1) is 10.4 Å². The minimum absolute atomic E-state index is 0.761. The summed E-state index contributed by atoms with van der Waals surface area (Å²) in [6.07, 6.45) is 0. The molecule has 0 saturated carbocycles. The van der Waals surface area contributed by atoms with Gasteiger partial charge in [-0.25, -0.2) is 0 Å². The molecule has 0 spiro atoms. The predicted octanol–water partition coefficient (Wildman–Crippen LogP) is -0.00290. The van der Waals surface area contributed by atoms with Gasteiger partial charge in [-0.15, -0.1) is 0 Å². The van der Waals surface area contributed by atoms with E-state index >= 15 is 0 Å². The van der Waals surface area contributed by atoms with Crippen LogP contribution < -0.4 is 0 Å². The summed E-state index contributed by atoms with van der Waals surface area (Å²) in [5.74, 6) is 0. The Morgan fingerprint density at radius 1 is 1.57 bits per heavy atom. The third kappa shape index (κ3) is 2.82. The highest BCUT2D eigenvalue weighted by Gasteiger charge is 1.95. The molecule has 0 aromatic rings. The first-order valence-corrected chi connectivity index (χ1v) is 3.78. The Morgan fingerprint density at radius 2 is 2.00 bits per heavy atom. The largest absolute Gasteiger partial charge is 0.330 e. The maximum Gasteiger partial charge on any atom is 0.0787 e. The van der Waals surface area contributed by atoms with E-state index in [2.05, 4.69) is 25.3 Å². The van der Waals surface area contributed by atoms with Gasteiger partial charge in [0.1, 0.15) is 0 Å². The van der Waals surface area contributed by atoms with Crippen molar-refractivity contribution in [2.24, 2.45) is 0 Å². The van der Waals surface area contributed by atoms with Gasteiger partial charge in [-0.2, -0.15) is 0 Å². The first-order valence-electron chi connectivity index (χ1n) is 2.88. The summed E-state index contributed by atoms with van der Waals surface area (Å²) in [4.78, 5) is 0. The molecule has 0 atom stereocenters. The lowest BCUT2D eigenvalue weighted by molar-refractivity contribution is 0.399. The molecule has 2 heteroatoms. The third-order valence-electron chi connectivity index (χ3n) is 1.38. The Labute approximate surface area is 49.2 Å². The number of nitrogens with zero attached hydrogens (tertiary/aromatic N) is 1. The summed E-state index contributed by atoms with van der Waals surface area (Å²) in [5, 5.41) is 0. The van der Waals surface area contributed by atoms with Crippen LogP contribution in [-0.2, 0) is 0 Å². The standard InChI is InChI=1S/C5H15NSi/c1-4-6(7)5(2)3/h5H,4H2,1-3,7H3. The Balaban J connectivity index is 3.14. The fourth-order valence-corrected chi connectivity index (χ4v) is 0.365. The molecule has 0 amide bonds. The van der Waals surface area contributed by atoms with Gasteiger partial charge in [0, 0.05) is 0 Å². The van der Waals surface area contributed by atoms with Crippen LogP contribution in [-0.4, -0.2) is 27.6 Å². The second-order valence-corrected chi connectivity index (χ2v) is 3.32. The van der Waals surface area contributed by atoms with Crippen LogP contribution in [0.5, 0.6) is 0 Å². The van der Waals surface area contributed by atoms with Crippen LogP contribution >= 0.6 is 0 Å². The highest BCUT2D eigenvalue weighted by Crippen LogP contribution is 1.88. The second kappa shape index (κ2) is 3.21. The molecule has 0 aliphatic rings. The van der Waals surface area contributed by atoms with Crippen LogP contribution in [0.1, 0.15) is 20.8 Å². The van der Waals surface area contributed by atoms with Crippen molar-refractivity contribution >= 4 is 10.4 Å². The first-order chi connectivity index (χ1) is 3.18. The summed E-state index contributed by atoms with van der Waals surface area (Å²) >= 11 is 0. The van der Waals surface area contributed by atoms with Crippen LogP contribution in [0, 0.1) is 0 Å². The molecule has 44 valence electrons. The summed E-state index contributed by atoms with van der Waals surface area (Å²) in [5.41, 5.74) is 0. The molecule has 0 aliphatic heterocycles. The predicted molar refractivity (Wildman–Crippen MR) is 37.5 cm³/mol. The summed E-state index contributed by atoms with van der Waals surface area (Å²) in [6.45, 7) is 7.88. The van der Waals surface area contributed by atoms with E-state index < -0.39 is 0 Å². The van der Waals surface area contributed by atoms with E-state index in [0.717, 1.165) is 6.04 Å². The molecule has 7 heavy (non-hydrogen) atoms. The molecule has 0 N–H and O–H groups in total. The average molecular weight is 117 g/mol. The lowest BCUT2D eigenvalue weighted by Crippen LogP contribution is -2.27. The fraction of sp³-hybridized carbons (Fsp3) is 1.00. The average Bonchev–Trinajstić information content (AvgIpc) is 1.65. The summed E-state index contributed by atoms with van der Waals surface area (Å²) in [7, 11) is 1.21. The Bertz CT molecular complexity index is 45.3. The van der Waals surface area contributed by atoms with Crippen LogP contribution in [0.2, 0.25) is 0 Å². The molecule has 1 nitrogen and oxygen atoms in total. The van der Waals surface area contributed by atoms with Gasteiger partial charge in [0.15, 0.2) is 0 Å². The number of hydrogen-bond acceptors (Lipinski definition) is 1. The van der Waals surface area contributed by atoms with Crippen molar-refractivity contribution in [3.05, 3.63) is 0 Å². The molecule has 0 saturated heterocycles. The normalized spacial score (nSPS) is 11.6. The Kier molecular flexibility index (Phi) is 3.30. The van der Waals surface area contributed by atoms with E-state index in [1.54, 1.807) is 0 Å². The van der Waals surface area contributed by atoms with Crippen molar-refractivity contribution in [2.45, 2.75) is 26.8 Å². The Morgan fingerprint density at radius 3 is 2.00 bits per heavy atom. The number of rotatable bonds is 2. The smallest absolute Gasteiger partial charge is 0.0787 e. The SMILES string of the molecule is CCN([SiH3])C(C)C. The molecule has 0 radical (unpaired) electrons. The lowest BCUT2D eigenvalue weighted by atomic mass is 10.4. The molecule has 0 aromatic carbocycles. The van der Waals surface area contributed by atoms with Crippen LogP contribution in [0.25, 0.3) is 0 Å². The monoisotopic (exact) mass is 117 g/mol. The third-order valence-corrected chi connectivity index (χ3v) is 3.05. The van der Waals surface area contributed by atoms with Gasteiger partial charge in [0.25, 0.3) is 0 Å². The molecule has 0 fully saturated rings. The van der Waals surface area contributed by atoms with Crippen molar-refractivity contribution in [2.75, 3.05) is 6.54 Å². The van der Waals surface area contributed by atoms with Crippen molar-refractivity contribution < 1.29 is 0 Å². The van der Waals surface area contributed by atoms with E-state index in [4.69, 9.17) is 0 Å². The highest BCUT2D eigenvalue weighted by molar-refractivity contribution is 6.04. The molecule has 0 bridgehead atoms. The molecule has 0 aliphatic carbocycles. The van der Waals surface area contributed by atoms with E-state index in [9.17, 15) is 0 Å². The van der Waals surface area contributed by atoms with Crippen molar-refractivity contribution in [3.63, 3.8) is 0 Å². The molecular weight excluding hydrogens is 102 g/mol. The number of hydrogen-bond donors (Lipinski definition) is 0. The maximum absolute atomic E-state index is 2.43. The molecule has 0 rings (SSSR count). The summed E-state index contributed by atoms with van der Waals surface area (Å²) in [6, 6.07) is 0.761. The quantitative estimate of drug-likeness (QED) is 0.460. The van der Waals surface area contributed by atoms with Gasteiger partial charge in [-0.05, 0) is 12.6 Å². The van der Waals surface area contributed by atoms with Crippen molar-refractivity contribution in [1.29, 1.82) is 0 Å². The van der Waals surface area contributed by atoms with Gasteiger partial charge in [-0.1, -0.05) is 20.8 Å². The van der Waals surface area contributed by atoms with Crippen LogP contribution in [0.4, 0.5) is 0 Å².